The molecule has 5 nitrogen and oxygen atoms in total. The first kappa shape index (κ1) is 18.9. The fourth-order valence-corrected chi connectivity index (χ4v) is 4.17. The Morgan fingerprint density at radius 2 is 1.81 bits per heavy atom. The SMILES string of the molecule is CC(C)CN1C(=O)C(C)NC(=O)C12CCN(CCc1ccccc1)CC2. The van der Waals surface area contributed by atoms with Crippen molar-refractivity contribution >= 4 is 11.8 Å². The summed E-state index contributed by atoms with van der Waals surface area (Å²) in [5, 5.41) is 2.92. The second kappa shape index (κ2) is 7.78. The molecule has 2 aliphatic heterocycles. The summed E-state index contributed by atoms with van der Waals surface area (Å²) in [5.41, 5.74) is 0.686. The predicted molar refractivity (Wildman–Crippen MR) is 103 cm³/mol. The van der Waals surface area contributed by atoms with Gasteiger partial charge in [-0.2, -0.15) is 0 Å². The third-order valence-electron chi connectivity index (χ3n) is 5.71. The van der Waals surface area contributed by atoms with Crippen LogP contribution in [0.15, 0.2) is 30.3 Å². The van der Waals surface area contributed by atoms with Crippen molar-refractivity contribution in [2.45, 2.75) is 51.6 Å². The molecule has 0 bridgehead atoms. The van der Waals surface area contributed by atoms with Crippen molar-refractivity contribution in [3.8, 4) is 0 Å². The van der Waals surface area contributed by atoms with Gasteiger partial charge < -0.3 is 15.1 Å². The highest BCUT2D eigenvalue weighted by Gasteiger charge is 2.52. The monoisotopic (exact) mass is 357 g/mol. The van der Waals surface area contributed by atoms with E-state index in [0.29, 0.717) is 12.5 Å². The van der Waals surface area contributed by atoms with Crippen LogP contribution in [-0.4, -0.2) is 59.4 Å². The highest BCUT2D eigenvalue weighted by Crippen LogP contribution is 2.33. The number of carbonyl (C=O) groups is 2. The van der Waals surface area contributed by atoms with Crippen LogP contribution in [0.1, 0.15) is 39.2 Å². The highest BCUT2D eigenvalue weighted by atomic mass is 16.2. The number of nitrogens with zero attached hydrogens (tertiary/aromatic N) is 2. The molecular weight excluding hydrogens is 326 g/mol. The molecular formula is C21H31N3O2. The Labute approximate surface area is 156 Å². The summed E-state index contributed by atoms with van der Waals surface area (Å²) in [6.45, 7) is 9.36. The van der Waals surface area contributed by atoms with Gasteiger partial charge >= 0.3 is 0 Å². The Bertz CT molecular complexity index is 636. The van der Waals surface area contributed by atoms with Crippen LogP contribution in [0.4, 0.5) is 0 Å². The van der Waals surface area contributed by atoms with Crippen LogP contribution in [0.5, 0.6) is 0 Å². The molecule has 2 fully saturated rings. The van der Waals surface area contributed by atoms with Crippen LogP contribution < -0.4 is 5.32 Å². The molecule has 1 aromatic carbocycles. The number of piperidine rings is 1. The molecule has 1 spiro atoms. The van der Waals surface area contributed by atoms with E-state index in [1.807, 2.05) is 11.0 Å². The van der Waals surface area contributed by atoms with E-state index < -0.39 is 11.6 Å². The summed E-state index contributed by atoms with van der Waals surface area (Å²) in [6.07, 6.45) is 2.46. The van der Waals surface area contributed by atoms with Gasteiger partial charge in [-0.15, -0.1) is 0 Å². The van der Waals surface area contributed by atoms with Crippen LogP contribution in [0.2, 0.25) is 0 Å². The Kier molecular flexibility index (Phi) is 5.66. The lowest BCUT2D eigenvalue weighted by Crippen LogP contribution is -2.72. The third kappa shape index (κ3) is 3.78. The molecule has 2 saturated heterocycles. The molecule has 1 unspecified atom stereocenters. The molecule has 142 valence electrons. The Morgan fingerprint density at radius 3 is 2.42 bits per heavy atom. The number of hydrogen-bond acceptors (Lipinski definition) is 3. The molecule has 2 heterocycles. The lowest BCUT2D eigenvalue weighted by Gasteiger charge is -2.51. The van der Waals surface area contributed by atoms with Gasteiger partial charge in [-0.25, -0.2) is 0 Å². The van der Waals surface area contributed by atoms with E-state index in [1.165, 1.54) is 5.56 Å². The van der Waals surface area contributed by atoms with Gasteiger partial charge in [0, 0.05) is 26.2 Å². The van der Waals surface area contributed by atoms with Crippen molar-refractivity contribution < 1.29 is 9.59 Å². The zero-order valence-electron chi connectivity index (χ0n) is 16.2. The Hall–Kier alpha value is -1.88. The maximum Gasteiger partial charge on any atom is 0.246 e. The lowest BCUT2D eigenvalue weighted by molar-refractivity contribution is -0.161. The number of amides is 2. The van der Waals surface area contributed by atoms with E-state index in [0.717, 1.165) is 38.9 Å². The van der Waals surface area contributed by atoms with Gasteiger partial charge in [-0.05, 0) is 37.7 Å². The molecule has 26 heavy (non-hydrogen) atoms. The van der Waals surface area contributed by atoms with Gasteiger partial charge in [0.25, 0.3) is 0 Å². The summed E-state index contributed by atoms with van der Waals surface area (Å²) in [4.78, 5) is 30.0. The van der Waals surface area contributed by atoms with Crippen LogP contribution >= 0.6 is 0 Å². The first-order chi connectivity index (χ1) is 12.4. The molecule has 1 aromatic rings. The average molecular weight is 357 g/mol. The number of nitrogens with one attached hydrogen (secondary N) is 1. The van der Waals surface area contributed by atoms with Crippen LogP contribution in [0.3, 0.4) is 0 Å². The van der Waals surface area contributed by atoms with Gasteiger partial charge in [-0.1, -0.05) is 44.2 Å². The van der Waals surface area contributed by atoms with Crippen LogP contribution in [0, 0.1) is 5.92 Å². The number of rotatable bonds is 5. The van der Waals surface area contributed by atoms with Crippen molar-refractivity contribution in [2.75, 3.05) is 26.2 Å². The fourth-order valence-electron chi connectivity index (χ4n) is 4.17. The van der Waals surface area contributed by atoms with Gasteiger partial charge in [0.1, 0.15) is 11.6 Å². The number of carbonyl (C=O) groups excluding carboxylic acids is 2. The van der Waals surface area contributed by atoms with Crippen molar-refractivity contribution in [1.29, 1.82) is 0 Å². The molecule has 2 aliphatic rings. The summed E-state index contributed by atoms with van der Waals surface area (Å²) >= 11 is 0. The van der Waals surface area contributed by atoms with Crippen LogP contribution in [0.25, 0.3) is 0 Å². The number of hydrogen-bond donors (Lipinski definition) is 1. The normalized spacial score (nSPS) is 23.5. The smallest absolute Gasteiger partial charge is 0.246 e. The van der Waals surface area contributed by atoms with E-state index in [4.69, 9.17) is 0 Å². The minimum absolute atomic E-state index is 0.0351. The van der Waals surface area contributed by atoms with E-state index in [2.05, 4.69) is 48.3 Å². The maximum absolute atomic E-state index is 12.9. The first-order valence-corrected chi connectivity index (χ1v) is 9.81. The quantitative estimate of drug-likeness (QED) is 0.878. The largest absolute Gasteiger partial charge is 0.343 e. The van der Waals surface area contributed by atoms with Crippen molar-refractivity contribution in [1.82, 2.24) is 15.1 Å². The third-order valence-corrected chi connectivity index (χ3v) is 5.71. The molecule has 5 heteroatoms. The first-order valence-electron chi connectivity index (χ1n) is 9.81. The Balaban J connectivity index is 1.66. The zero-order valence-corrected chi connectivity index (χ0v) is 16.2. The number of likely N-dealkylation sites (tertiary alicyclic amines) is 1. The van der Waals surface area contributed by atoms with Crippen LogP contribution in [-0.2, 0) is 16.0 Å². The Morgan fingerprint density at radius 1 is 1.15 bits per heavy atom. The summed E-state index contributed by atoms with van der Waals surface area (Å²) in [6, 6.07) is 10.1. The molecule has 0 aromatic heterocycles. The lowest BCUT2D eigenvalue weighted by atomic mass is 9.81. The standard InChI is InChI=1S/C21H31N3O2/c1-16(2)15-24-19(25)17(3)22-20(26)21(24)10-13-23(14-11-21)12-9-18-7-5-4-6-8-18/h4-8,16-17H,9-15H2,1-3H3,(H,22,26). The molecule has 3 rings (SSSR count). The molecule has 0 saturated carbocycles. The van der Waals surface area contributed by atoms with E-state index in [9.17, 15) is 9.59 Å². The fraction of sp³-hybridized carbons (Fsp3) is 0.619. The summed E-state index contributed by atoms with van der Waals surface area (Å²) < 4.78 is 0. The molecule has 2 amide bonds. The summed E-state index contributed by atoms with van der Waals surface area (Å²) in [7, 11) is 0. The second-order valence-corrected chi connectivity index (χ2v) is 8.15. The van der Waals surface area contributed by atoms with E-state index >= 15 is 0 Å². The topological polar surface area (TPSA) is 52.7 Å². The second-order valence-electron chi connectivity index (χ2n) is 8.15. The molecule has 1 N–H and O–H groups in total. The molecule has 0 radical (unpaired) electrons. The number of benzene rings is 1. The number of piperazine rings is 1. The van der Waals surface area contributed by atoms with Gasteiger partial charge in [0.15, 0.2) is 0 Å². The van der Waals surface area contributed by atoms with Gasteiger partial charge in [0.2, 0.25) is 11.8 Å². The zero-order chi connectivity index (χ0) is 18.7. The maximum atomic E-state index is 12.9. The summed E-state index contributed by atoms with van der Waals surface area (Å²) in [5.74, 6) is 0.453. The van der Waals surface area contributed by atoms with Crippen molar-refractivity contribution in [3.63, 3.8) is 0 Å². The van der Waals surface area contributed by atoms with E-state index in [-0.39, 0.29) is 11.8 Å². The predicted octanol–water partition coefficient (Wildman–Crippen LogP) is 2.07. The van der Waals surface area contributed by atoms with Crippen molar-refractivity contribution in [3.05, 3.63) is 35.9 Å². The average Bonchev–Trinajstić information content (AvgIpc) is 2.64. The minimum Gasteiger partial charge on any atom is -0.343 e. The highest BCUT2D eigenvalue weighted by molar-refractivity contribution is 5.99. The van der Waals surface area contributed by atoms with Crippen molar-refractivity contribution in [2.24, 2.45) is 5.92 Å². The van der Waals surface area contributed by atoms with Gasteiger partial charge in [-0.3, -0.25) is 9.59 Å². The molecule has 1 atom stereocenters. The minimum atomic E-state index is -0.656. The van der Waals surface area contributed by atoms with Gasteiger partial charge in [0.05, 0.1) is 0 Å². The van der Waals surface area contributed by atoms with E-state index in [1.54, 1.807) is 6.92 Å². The molecule has 0 aliphatic carbocycles.